The highest BCUT2D eigenvalue weighted by atomic mass is 16.6. The Bertz CT molecular complexity index is 280. The van der Waals surface area contributed by atoms with Crippen LogP contribution in [0.4, 0.5) is 0 Å². The lowest BCUT2D eigenvalue weighted by Gasteiger charge is -2.21. The second-order valence-corrected chi connectivity index (χ2v) is 2.53. The van der Waals surface area contributed by atoms with E-state index < -0.39 is 23.8 Å². The molecule has 0 aliphatic carbocycles. The number of hydrogen-bond donors (Lipinski definition) is 2. The van der Waals surface area contributed by atoms with Crippen LogP contribution in [0, 0.1) is 10.1 Å². The van der Waals surface area contributed by atoms with Gasteiger partial charge in [0.25, 0.3) is 0 Å². The molecule has 0 unspecified atom stereocenters. The fourth-order valence-electron chi connectivity index (χ4n) is 0.928. The lowest BCUT2D eigenvalue weighted by atomic mass is 10.2. The molecule has 0 radical (unpaired) electrons. The molecular weight excluding hydrogens is 178 g/mol. The predicted molar refractivity (Wildman–Crippen MR) is 41.4 cm³/mol. The first kappa shape index (κ1) is 9.62. The van der Waals surface area contributed by atoms with Crippen molar-refractivity contribution >= 4 is 0 Å². The molecule has 7 heteroatoms. The second kappa shape index (κ2) is 3.50. The molecule has 0 aliphatic heterocycles. The predicted octanol–water partition coefficient (Wildman–Crippen LogP) is -1.20. The van der Waals surface area contributed by atoms with E-state index in [-0.39, 0.29) is 0 Å². The van der Waals surface area contributed by atoms with Gasteiger partial charge in [-0.15, -0.1) is 0 Å². The first-order chi connectivity index (χ1) is 6.17. The number of rotatable bonds is 4. The monoisotopic (exact) mass is 187 g/mol. The van der Waals surface area contributed by atoms with E-state index in [4.69, 9.17) is 10.2 Å². The summed E-state index contributed by atoms with van der Waals surface area (Å²) in [6.07, 6.45) is 3.83. The minimum absolute atomic E-state index is 0.741. The normalized spacial score (nSPS) is 11.5. The third-order valence-electron chi connectivity index (χ3n) is 1.83. The highest BCUT2D eigenvalue weighted by molar-refractivity contribution is 4.84. The zero-order valence-electron chi connectivity index (χ0n) is 6.70. The number of imidazole rings is 1. The molecule has 1 aromatic rings. The van der Waals surface area contributed by atoms with Crippen LogP contribution in [0.3, 0.4) is 0 Å². The van der Waals surface area contributed by atoms with Crippen molar-refractivity contribution in [2.24, 2.45) is 0 Å². The number of aliphatic hydroxyl groups excluding tert-OH is 2. The average Bonchev–Trinajstić information content (AvgIpc) is 2.60. The summed E-state index contributed by atoms with van der Waals surface area (Å²) >= 11 is 0. The van der Waals surface area contributed by atoms with Crippen LogP contribution in [0.2, 0.25) is 0 Å². The maximum absolute atomic E-state index is 10.6. The first-order valence-electron chi connectivity index (χ1n) is 3.52. The van der Waals surface area contributed by atoms with Gasteiger partial charge < -0.3 is 10.2 Å². The summed E-state index contributed by atoms with van der Waals surface area (Å²) in [6.45, 7) is -1.57. The summed E-state index contributed by atoms with van der Waals surface area (Å²) in [7, 11) is 0. The van der Waals surface area contributed by atoms with Crippen molar-refractivity contribution in [3.63, 3.8) is 0 Å². The summed E-state index contributed by atoms with van der Waals surface area (Å²) in [5.41, 5.74) is -1.91. The molecule has 0 bridgehead atoms. The maximum atomic E-state index is 10.6. The number of nitrogens with zero attached hydrogens (tertiary/aromatic N) is 3. The van der Waals surface area contributed by atoms with Gasteiger partial charge in [-0.2, -0.15) is 0 Å². The summed E-state index contributed by atoms with van der Waals surface area (Å²) < 4.78 is 1.06. The molecule has 0 saturated heterocycles. The lowest BCUT2D eigenvalue weighted by Crippen LogP contribution is -2.47. The number of nitro groups is 1. The van der Waals surface area contributed by atoms with E-state index in [1.807, 2.05) is 0 Å². The van der Waals surface area contributed by atoms with Crippen LogP contribution in [-0.4, -0.2) is 37.9 Å². The van der Waals surface area contributed by atoms with Gasteiger partial charge >= 0.3 is 5.66 Å². The number of aliphatic hydroxyl groups is 2. The Labute approximate surface area is 73.4 Å². The van der Waals surface area contributed by atoms with Crippen molar-refractivity contribution in [2.75, 3.05) is 13.2 Å². The molecule has 0 aliphatic rings. The molecule has 0 amide bonds. The Morgan fingerprint density at radius 3 is 2.46 bits per heavy atom. The van der Waals surface area contributed by atoms with E-state index in [0.717, 1.165) is 4.57 Å². The molecule has 1 rings (SSSR count). The number of aromatic nitrogens is 2. The smallest absolute Gasteiger partial charge is 0.346 e. The summed E-state index contributed by atoms with van der Waals surface area (Å²) in [5, 5.41) is 28.4. The fraction of sp³-hybridized carbons (Fsp3) is 0.500. The van der Waals surface area contributed by atoms with Gasteiger partial charge in [0.2, 0.25) is 0 Å². The molecule has 13 heavy (non-hydrogen) atoms. The zero-order valence-corrected chi connectivity index (χ0v) is 6.70. The van der Waals surface area contributed by atoms with Crippen molar-refractivity contribution in [1.29, 1.82) is 0 Å². The van der Waals surface area contributed by atoms with Crippen molar-refractivity contribution in [1.82, 2.24) is 9.55 Å². The second-order valence-electron chi connectivity index (χ2n) is 2.53. The minimum atomic E-state index is -1.91. The van der Waals surface area contributed by atoms with Gasteiger partial charge in [-0.25, -0.2) is 4.98 Å². The van der Waals surface area contributed by atoms with Gasteiger partial charge in [0.1, 0.15) is 19.5 Å². The Morgan fingerprint density at radius 2 is 2.15 bits per heavy atom. The summed E-state index contributed by atoms with van der Waals surface area (Å²) in [4.78, 5) is 13.5. The van der Waals surface area contributed by atoms with Gasteiger partial charge in [-0.05, 0) is 0 Å². The zero-order chi connectivity index (χ0) is 9.90. The Morgan fingerprint density at radius 1 is 1.54 bits per heavy atom. The molecule has 1 heterocycles. The molecule has 7 nitrogen and oxygen atoms in total. The Hall–Kier alpha value is -1.47. The lowest BCUT2D eigenvalue weighted by molar-refractivity contribution is -0.609. The maximum Gasteiger partial charge on any atom is 0.346 e. The molecule has 0 spiro atoms. The van der Waals surface area contributed by atoms with Gasteiger partial charge in [-0.3, -0.25) is 14.7 Å². The van der Waals surface area contributed by atoms with E-state index >= 15 is 0 Å². The molecule has 72 valence electrons. The highest BCUT2D eigenvalue weighted by Crippen LogP contribution is 2.15. The van der Waals surface area contributed by atoms with Crippen LogP contribution in [0.1, 0.15) is 0 Å². The summed E-state index contributed by atoms with van der Waals surface area (Å²) in [5.74, 6) is 0. The fourth-order valence-corrected chi connectivity index (χ4v) is 0.928. The van der Waals surface area contributed by atoms with Crippen LogP contribution in [0.5, 0.6) is 0 Å². The Kier molecular flexibility index (Phi) is 2.59. The topological polar surface area (TPSA) is 101 Å². The van der Waals surface area contributed by atoms with Crippen molar-refractivity contribution in [3.05, 3.63) is 28.8 Å². The van der Waals surface area contributed by atoms with E-state index in [2.05, 4.69) is 4.98 Å². The minimum Gasteiger partial charge on any atom is -0.387 e. The average molecular weight is 187 g/mol. The molecule has 0 saturated carbocycles. The van der Waals surface area contributed by atoms with Gasteiger partial charge in [0.05, 0.1) is 4.92 Å². The molecule has 0 fully saturated rings. The van der Waals surface area contributed by atoms with E-state index in [1.165, 1.54) is 18.7 Å². The van der Waals surface area contributed by atoms with Crippen molar-refractivity contribution < 1.29 is 15.1 Å². The van der Waals surface area contributed by atoms with Gasteiger partial charge in [0.15, 0.2) is 0 Å². The quantitative estimate of drug-likeness (QED) is 0.455. The van der Waals surface area contributed by atoms with Crippen molar-refractivity contribution in [3.8, 4) is 0 Å². The third-order valence-corrected chi connectivity index (χ3v) is 1.83. The Balaban J connectivity index is 3.11. The van der Waals surface area contributed by atoms with Crippen LogP contribution in [0.25, 0.3) is 0 Å². The highest BCUT2D eigenvalue weighted by Gasteiger charge is 2.43. The van der Waals surface area contributed by atoms with E-state index in [1.54, 1.807) is 0 Å². The van der Waals surface area contributed by atoms with Crippen LogP contribution >= 0.6 is 0 Å². The molecule has 2 N–H and O–H groups in total. The first-order valence-corrected chi connectivity index (χ1v) is 3.52. The molecule has 0 aromatic carbocycles. The molecule has 1 aromatic heterocycles. The van der Waals surface area contributed by atoms with E-state index in [0.29, 0.717) is 0 Å². The largest absolute Gasteiger partial charge is 0.387 e. The van der Waals surface area contributed by atoms with Crippen LogP contribution in [-0.2, 0) is 5.66 Å². The van der Waals surface area contributed by atoms with Gasteiger partial charge in [-0.1, -0.05) is 0 Å². The van der Waals surface area contributed by atoms with E-state index in [9.17, 15) is 10.1 Å². The molecular formula is C6H9N3O4. The number of hydrogen-bond acceptors (Lipinski definition) is 5. The SMILES string of the molecule is O=[N+]([O-])C(CO)(CO)n1ccnc1. The van der Waals surface area contributed by atoms with Crippen molar-refractivity contribution in [2.45, 2.75) is 5.66 Å². The summed E-state index contributed by atoms with van der Waals surface area (Å²) in [6, 6.07) is 0. The third kappa shape index (κ3) is 1.38. The van der Waals surface area contributed by atoms with Gasteiger partial charge in [0, 0.05) is 12.4 Å². The molecule has 0 atom stereocenters. The van der Waals surface area contributed by atoms with Crippen LogP contribution in [0.15, 0.2) is 18.7 Å². The van der Waals surface area contributed by atoms with Crippen LogP contribution < -0.4 is 0 Å². The standard InChI is InChI=1S/C6H9N3O4/c10-3-6(4-11,9(12)13)8-2-1-7-5-8/h1-2,5,10-11H,3-4H2.